The van der Waals surface area contributed by atoms with Gasteiger partial charge in [-0.3, -0.25) is 24.2 Å². The largest absolute Gasteiger partial charge is 0.279 e. The number of fused-ring (bicyclic) bond motifs is 1. The van der Waals surface area contributed by atoms with Gasteiger partial charge in [-0.2, -0.15) is 0 Å². The molecule has 0 unspecified atom stereocenters. The fraction of sp³-hybridized carbons (Fsp3) is 0.269. The first-order valence-corrected chi connectivity index (χ1v) is 12.9. The van der Waals surface area contributed by atoms with E-state index in [0.29, 0.717) is 11.3 Å². The molecule has 1 N–H and O–H groups in total. The monoisotopic (exact) mass is 511 g/mol. The lowest BCUT2D eigenvalue weighted by molar-refractivity contribution is 0.0642. The molecule has 0 radical (unpaired) electrons. The summed E-state index contributed by atoms with van der Waals surface area (Å²) >= 11 is 6.28. The number of aryl methyl sites for hydroxylation is 2. The summed E-state index contributed by atoms with van der Waals surface area (Å²) in [5.74, 6) is -1.20. The minimum Gasteiger partial charge on any atom is -0.279 e. The van der Waals surface area contributed by atoms with Crippen LogP contribution < -0.4 is 4.72 Å². The van der Waals surface area contributed by atoms with Gasteiger partial charge in [0.05, 0.1) is 33.3 Å². The van der Waals surface area contributed by atoms with Crippen LogP contribution in [0.15, 0.2) is 53.4 Å². The highest BCUT2D eigenvalue weighted by Crippen LogP contribution is 2.36. The van der Waals surface area contributed by atoms with E-state index in [9.17, 15) is 18.0 Å². The van der Waals surface area contributed by atoms with Crippen LogP contribution in [0.25, 0.3) is 0 Å². The third-order valence-electron chi connectivity index (χ3n) is 6.01. The highest BCUT2D eigenvalue weighted by molar-refractivity contribution is 7.92. The third kappa shape index (κ3) is 4.68. The van der Waals surface area contributed by atoms with Crippen molar-refractivity contribution < 1.29 is 18.0 Å². The number of carbonyl (C=O) groups is 2. The highest BCUT2D eigenvalue weighted by Gasteiger charge is 2.40. The van der Waals surface area contributed by atoms with Gasteiger partial charge in [0, 0.05) is 11.4 Å². The number of hydrogen-bond donors (Lipinski definition) is 1. The quantitative estimate of drug-likeness (QED) is 0.472. The highest BCUT2D eigenvalue weighted by atomic mass is 35.5. The van der Waals surface area contributed by atoms with Crippen LogP contribution in [0.2, 0.25) is 5.02 Å². The van der Waals surface area contributed by atoms with Gasteiger partial charge in [-0.1, -0.05) is 50.6 Å². The van der Waals surface area contributed by atoms with Crippen molar-refractivity contribution in [3.05, 3.63) is 87.2 Å². The molecule has 0 fully saturated rings. The van der Waals surface area contributed by atoms with Gasteiger partial charge >= 0.3 is 0 Å². The Balaban J connectivity index is 1.68. The summed E-state index contributed by atoms with van der Waals surface area (Å²) in [7, 11) is -4.02. The number of aromatic nitrogens is 1. The molecule has 0 saturated heterocycles. The predicted molar refractivity (Wildman–Crippen MR) is 135 cm³/mol. The molecule has 7 nitrogen and oxygen atoms in total. The van der Waals surface area contributed by atoms with Crippen molar-refractivity contribution in [1.29, 1.82) is 0 Å². The van der Waals surface area contributed by atoms with E-state index in [1.54, 1.807) is 25.1 Å². The molecule has 0 atom stereocenters. The van der Waals surface area contributed by atoms with E-state index < -0.39 is 21.8 Å². The standard InChI is InChI=1S/C26H26ClN3O4S/c1-15-6-7-17(16(2)28-15)14-30-24(31)22-20(27)12-13-21(23(22)25(30)32)29-35(33,34)19-10-8-18(9-11-19)26(3,4)5/h6-13,29H,14H2,1-5H3. The molecule has 4 rings (SSSR count). The molecule has 9 heteroatoms. The van der Waals surface area contributed by atoms with E-state index in [-0.39, 0.29) is 38.7 Å². The number of imide groups is 1. The summed E-state index contributed by atoms with van der Waals surface area (Å²) in [6.07, 6.45) is 0. The first kappa shape index (κ1) is 24.9. The first-order chi connectivity index (χ1) is 16.3. The summed E-state index contributed by atoms with van der Waals surface area (Å²) < 4.78 is 28.7. The Morgan fingerprint density at radius 2 is 1.54 bits per heavy atom. The van der Waals surface area contributed by atoms with Gasteiger partial charge in [-0.15, -0.1) is 0 Å². The average molecular weight is 512 g/mol. The molecule has 1 aromatic heterocycles. The number of rotatable bonds is 5. The van der Waals surface area contributed by atoms with E-state index >= 15 is 0 Å². The van der Waals surface area contributed by atoms with E-state index in [0.717, 1.165) is 16.2 Å². The molecule has 3 aromatic rings. The van der Waals surface area contributed by atoms with Crippen LogP contribution in [0.1, 0.15) is 64.0 Å². The number of sulfonamides is 1. The predicted octanol–water partition coefficient (Wildman–Crippen LogP) is 5.25. The van der Waals surface area contributed by atoms with Crippen molar-refractivity contribution in [3.8, 4) is 0 Å². The zero-order valence-electron chi connectivity index (χ0n) is 20.1. The van der Waals surface area contributed by atoms with E-state index in [4.69, 9.17) is 11.6 Å². The second kappa shape index (κ2) is 8.77. The number of benzene rings is 2. The van der Waals surface area contributed by atoms with Crippen molar-refractivity contribution in [1.82, 2.24) is 9.88 Å². The second-order valence-electron chi connectivity index (χ2n) is 9.62. The number of pyridine rings is 1. The van der Waals surface area contributed by atoms with Crippen molar-refractivity contribution >= 4 is 39.1 Å². The molecule has 0 spiro atoms. The number of hydrogen-bond acceptors (Lipinski definition) is 5. The molecule has 2 aromatic carbocycles. The first-order valence-electron chi connectivity index (χ1n) is 11.0. The number of nitrogens with one attached hydrogen (secondary N) is 1. The van der Waals surface area contributed by atoms with Crippen molar-refractivity contribution in [3.63, 3.8) is 0 Å². The fourth-order valence-corrected chi connectivity index (χ4v) is 5.30. The molecular formula is C26H26ClN3O4S. The summed E-state index contributed by atoms with van der Waals surface area (Å²) in [6.45, 7) is 9.77. The molecule has 2 amide bonds. The summed E-state index contributed by atoms with van der Waals surface area (Å²) in [6, 6.07) is 13.0. The van der Waals surface area contributed by atoms with Gasteiger partial charge in [-0.25, -0.2) is 8.42 Å². The lowest BCUT2D eigenvalue weighted by atomic mass is 9.87. The normalized spacial score (nSPS) is 13.8. The topological polar surface area (TPSA) is 96.4 Å². The van der Waals surface area contributed by atoms with Gasteiger partial charge in [0.25, 0.3) is 21.8 Å². The van der Waals surface area contributed by atoms with Crippen LogP contribution >= 0.6 is 11.6 Å². The fourth-order valence-electron chi connectivity index (χ4n) is 3.99. The number of anilines is 1. The van der Waals surface area contributed by atoms with Crippen LogP contribution in [0.4, 0.5) is 5.69 Å². The zero-order chi connectivity index (χ0) is 25.7. The Bertz CT molecular complexity index is 1460. The molecule has 182 valence electrons. The van der Waals surface area contributed by atoms with Crippen molar-refractivity contribution in [2.45, 2.75) is 51.5 Å². The van der Waals surface area contributed by atoms with Gasteiger partial charge in [0.15, 0.2) is 0 Å². The summed E-state index contributed by atoms with van der Waals surface area (Å²) in [5.41, 5.74) is 3.02. The SMILES string of the molecule is Cc1ccc(CN2C(=O)c3c(Cl)ccc(NS(=O)(=O)c4ccc(C(C)(C)C)cc4)c3C2=O)c(C)n1. The Morgan fingerprint density at radius 1 is 0.914 bits per heavy atom. The zero-order valence-corrected chi connectivity index (χ0v) is 21.7. The Hall–Kier alpha value is -3.23. The van der Waals surface area contributed by atoms with Gasteiger partial charge in [-0.05, 0) is 60.7 Å². The lowest BCUT2D eigenvalue weighted by Gasteiger charge is -2.19. The van der Waals surface area contributed by atoms with Gasteiger partial charge in [0.1, 0.15) is 0 Å². The number of amides is 2. The molecular weight excluding hydrogens is 486 g/mol. The molecule has 2 heterocycles. The molecule has 0 saturated carbocycles. The molecule has 1 aliphatic heterocycles. The van der Waals surface area contributed by atoms with Crippen LogP contribution in [0, 0.1) is 13.8 Å². The lowest BCUT2D eigenvalue weighted by Crippen LogP contribution is -2.29. The van der Waals surface area contributed by atoms with Crippen LogP contribution in [-0.2, 0) is 22.0 Å². The maximum Gasteiger partial charge on any atom is 0.264 e. The van der Waals surface area contributed by atoms with Crippen LogP contribution in [-0.4, -0.2) is 30.1 Å². The Morgan fingerprint density at radius 3 is 2.14 bits per heavy atom. The van der Waals surface area contributed by atoms with E-state index in [1.165, 1.54) is 24.3 Å². The number of nitrogens with zero attached hydrogens (tertiary/aromatic N) is 2. The minimum absolute atomic E-state index is 0.00223. The van der Waals surface area contributed by atoms with E-state index in [1.807, 2.05) is 33.8 Å². The van der Waals surface area contributed by atoms with Gasteiger partial charge < -0.3 is 0 Å². The molecule has 0 aliphatic carbocycles. The van der Waals surface area contributed by atoms with Gasteiger partial charge in [0.2, 0.25) is 0 Å². The van der Waals surface area contributed by atoms with Crippen molar-refractivity contribution in [2.24, 2.45) is 0 Å². The number of halogens is 1. The third-order valence-corrected chi connectivity index (χ3v) is 7.71. The smallest absolute Gasteiger partial charge is 0.264 e. The van der Waals surface area contributed by atoms with Crippen LogP contribution in [0.3, 0.4) is 0 Å². The summed E-state index contributed by atoms with van der Waals surface area (Å²) in [5, 5.41) is 0.0806. The number of carbonyl (C=O) groups excluding carboxylic acids is 2. The van der Waals surface area contributed by atoms with Crippen molar-refractivity contribution in [2.75, 3.05) is 4.72 Å². The minimum atomic E-state index is -4.02. The molecule has 35 heavy (non-hydrogen) atoms. The maximum atomic E-state index is 13.3. The molecule has 1 aliphatic rings. The van der Waals surface area contributed by atoms with E-state index in [2.05, 4.69) is 9.71 Å². The Kier molecular flexibility index (Phi) is 6.23. The van der Waals surface area contributed by atoms with Crippen LogP contribution in [0.5, 0.6) is 0 Å². The molecule has 0 bridgehead atoms. The maximum absolute atomic E-state index is 13.3. The summed E-state index contributed by atoms with van der Waals surface area (Å²) in [4.78, 5) is 32.0. The average Bonchev–Trinajstić information content (AvgIpc) is 3.03. The second-order valence-corrected chi connectivity index (χ2v) is 11.7. The Labute approximate surface area is 210 Å².